The van der Waals surface area contributed by atoms with Crippen LogP contribution in [0.2, 0.25) is 0 Å². The van der Waals surface area contributed by atoms with E-state index in [2.05, 4.69) is 30.7 Å². The second kappa shape index (κ2) is 6.10. The molecule has 4 N–H and O–H groups in total. The van der Waals surface area contributed by atoms with Crippen LogP contribution >= 0.6 is 0 Å². The van der Waals surface area contributed by atoms with E-state index in [0.717, 1.165) is 37.1 Å². The molecule has 0 spiro atoms. The van der Waals surface area contributed by atoms with Gasteiger partial charge in [-0.25, -0.2) is 4.98 Å². The zero-order valence-electron chi connectivity index (χ0n) is 13.0. The van der Waals surface area contributed by atoms with Crippen LogP contribution in [0.15, 0.2) is 12.3 Å². The molecule has 1 aliphatic rings. The van der Waals surface area contributed by atoms with Gasteiger partial charge in [0.05, 0.1) is 6.04 Å². The Morgan fingerprint density at radius 1 is 1.30 bits per heavy atom. The predicted octanol–water partition coefficient (Wildman–Crippen LogP) is 2.63. The molecule has 2 heterocycles. The Labute approximate surface area is 122 Å². The smallest absolute Gasteiger partial charge is 0.128 e. The van der Waals surface area contributed by atoms with Crippen molar-refractivity contribution in [1.29, 1.82) is 0 Å². The molecule has 1 aromatic heterocycles. The molecule has 1 aliphatic heterocycles. The highest BCUT2D eigenvalue weighted by molar-refractivity contribution is 5.47. The average Bonchev–Trinajstić information content (AvgIpc) is 2.95. The number of hydrogen-bond acceptors (Lipinski definition) is 4. The van der Waals surface area contributed by atoms with Crippen molar-refractivity contribution in [2.24, 2.45) is 5.73 Å². The molecule has 1 aromatic rings. The summed E-state index contributed by atoms with van der Waals surface area (Å²) in [7, 11) is 0. The Hall–Kier alpha value is -1.13. The molecule has 4 nitrogen and oxygen atoms in total. The third-order valence-electron chi connectivity index (χ3n) is 5.09. The fourth-order valence-corrected chi connectivity index (χ4v) is 3.76. The zero-order valence-corrected chi connectivity index (χ0v) is 13.0. The topological polar surface area (TPSA) is 68.2 Å². The van der Waals surface area contributed by atoms with Gasteiger partial charge < -0.3 is 11.5 Å². The quantitative estimate of drug-likeness (QED) is 0.867. The lowest BCUT2D eigenvalue weighted by atomic mass is 9.78. The standard InChI is InChI=1S/C16H28N4/c1-4-16(5-2,20-10-6-7-11-20)14(17)13-12(3)8-9-19-15(13)18/h8-9,14H,4-7,10-11,17H2,1-3H3,(H2,18,19). The maximum atomic E-state index is 6.72. The summed E-state index contributed by atoms with van der Waals surface area (Å²) in [6.45, 7) is 8.85. The SMILES string of the molecule is CCC(CC)(C(N)c1c(C)ccnc1N)N1CCCC1. The second-order valence-corrected chi connectivity index (χ2v) is 5.91. The van der Waals surface area contributed by atoms with E-state index in [1.165, 1.54) is 12.8 Å². The summed E-state index contributed by atoms with van der Waals surface area (Å²) in [5.41, 5.74) is 15.0. The van der Waals surface area contributed by atoms with Crippen LogP contribution in [0.3, 0.4) is 0 Å². The number of nitrogens with two attached hydrogens (primary N) is 2. The number of nitrogen functional groups attached to an aromatic ring is 1. The molecule has 0 bridgehead atoms. The first-order chi connectivity index (χ1) is 9.56. The lowest BCUT2D eigenvalue weighted by Gasteiger charge is -2.46. The van der Waals surface area contributed by atoms with Crippen molar-refractivity contribution in [1.82, 2.24) is 9.88 Å². The van der Waals surface area contributed by atoms with Crippen molar-refractivity contribution in [3.8, 4) is 0 Å². The van der Waals surface area contributed by atoms with Gasteiger partial charge >= 0.3 is 0 Å². The molecule has 1 unspecified atom stereocenters. The molecule has 1 fully saturated rings. The molecular formula is C16H28N4. The number of aromatic nitrogens is 1. The van der Waals surface area contributed by atoms with Crippen LogP contribution in [0.5, 0.6) is 0 Å². The van der Waals surface area contributed by atoms with Crippen LogP contribution in [-0.2, 0) is 0 Å². The monoisotopic (exact) mass is 276 g/mol. The van der Waals surface area contributed by atoms with Crippen LogP contribution in [0.4, 0.5) is 5.82 Å². The molecule has 1 atom stereocenters. The molecule has 112 valence electrons. The minimum Gasteiger partial charge on any atom is -0.383 e. The fraction of sp³-hybridized carbons (Fsp3) is 0.688. The van der Waals surface area contributed by atoms with Crippen molar-refractivity contribution in [2.45, 2.75) is 58.0 Å². The van der Waals surface area contributed by atoms with Gasteiger partial charge in [-0.05, 0) is 57.3 Å². The van der Waals surface area contributed by atoms with Gasteiger partial charge in [0.1, 0.15) is 5.82 Å². The molecule has 20 heavy (non-hydrogen) atoms. The maximum absolute atomic E-state index is 6.72. The number of hydrogen-bond donors (Lipinski definition) is 2. The van der Waals surface area contributed by atoms with E-state index in [9.17, 15) is 0 Å². The molecule has 4 heteroatoms. The van der Waals surface area contributed by atoms with Crippen molar-refractivity contribution >= 4 is 5.82 Å². The molecule has 0 saturated carbocycles. The zero-order chi connectivity index (χ0) is 14.8. The summed E-state index contributed by atoms with van der Waals surface area (Å²) in [4.78, 5) is 6.82. The van der Waals surface area contributed by atoms with Gasteiger partial charge in [-0.2, -0.15) is 0 Å². The Bertz CT molecular complexity index is 428. The third-order valence-corrected chi connectivity index (χ3v) is 5.09. The Balaban J connectivity index is 2.43. The number of rotatable bonds is 5. The highest BCUT2D eigenvalue weighted by Crippen LogP contribution is 2.40. The molecule has 1 saturated heterocycles. The summed E-state index contributed by atoms with van der Waals surface area (Å²) in [5, 5.41) is 0. The van der Waals surface area contributed by atoms with Crippen LogP contribution in [0.1, 0.15) is 56.7 Å². The number of pyridine rings is 1. The largest absolute Gasteiger partial charge is 0.383 e. The Morgan fingerprint density at radius 2 is 1.90 bits per heavy atom. The van der Waals surface area contributed by atoms with E-state index in [1.807, 2.05) is 6.07 Å². The number of aryl methyl sites for hydroxylation is 1. The highest BCUT2D eigenvalue weighted by atomic mass is 15.2. The molecule has 0 aromatic carbocycles. The Kier molecular flexibility index (Phi) is 4.66. The van der Waals surface area contributed by atoms with Crippen LogP contribution in [0, 0.1) is 6.92 Å². The van der Waals surface area contributed by atoms with E-state index >= 15 is 0 Å². The van der Waals surface area contributed by atoms with Gasteiger partial charge in [0.15, 0.2) is 0 Å². The van der Waals surface area contributed by atoms with Crippen LogP contribution in [-0.4, -0.2) is 28.5 Å². The van der Waals surface area contributed by atoms with Gasteiger partial charge in [0.2, 0.25) is 0 Å². The lowest BCUT2D eigenvalue weighted by Crippen LogP contribution is -2.54. The lowest BCUT2D eigenvalue weighted by molar-refractivity contribution is 0.0766. The van der Waals surface area contributed by atoms with Gasteiger partial charge in [-0.15, -0.1) is 0 Å². The molecule has 0 radical (unpaired) electrons. The van der Waals surface area contributed by atoms with Gasteiger partial charge in [0, 0.05) is 17.3 Å². The average molecular weight is 276 g/mol. The highest BCUT2D eigenvalue weighted by Gasteiger charge is 2.42. The minimum absolute atomic E-state index is 0.00157. The molecule has 2 rings (SSSR count). The van der Waals surface area contributed by atoms with Crippen molar-refractivity contribution in [3.05, 3.63) is 23.4 Å². The molecular weight excluding hydrogens is 248 g/mol. The van der Waals surface area contributed by atoms with Crippen LogP contribution < -0.4 is 11.5 Å². The van der Waals surface area contributed by atoms with Gasteiger partial charge in [-0.3, -0.25) is 4.90 Å². The second-order valence-electron chi connectivity index (χ2n) is 5.91. The summed E-state index contributed by atoms with van der Waals surface area (Å²) >= 11 is 0. The van der Waals surface area contributed by atoms with E-state index < -0.39 is 0 Å². The van der Waals surface area contributed by atoms with E-state index in [-0.39, 0.29) is 11.6 Å². The molecule has 0 amide bonds. The van der Waals surface area contributed by atoms with Gasteiger partial charge in [-0.1, -0.05) is 13.8 Å². The third kappa shape index (κ3) is 2.42. The summed E-state index contributed by atoms with van der Waals surface area (Å²) in [6.07, 6.45) is 6.39. The minimum atomic E-state index is -0.0794. The summed E-state index contributed by atoms with van der Waals surface area (Å²) in [6, 6.07) is 1.93. The Morgan fingerprint density at radius 3 is 2.40 bits per heavy atom. The first-order valence-electron chi connectivity index (χ1n) is 7.78. The predicted molar refractivity (Wildman–Crippen MR) is 84.4 cm³/mol. The fourth-order valence-electron chi connectivity index (χ4n) is 3.76. The van der Waals surface area contributed by atoms with Crippen molar-refractivity contribution in [2.75, 3.05) is 18.8 Å². The number of likely N-dealkylation sites (tertiary alicyclic amines) is 1. The number of nitrogens with zero attached hydrogens (tertiary/aromatic N) is 2. The van der Waals surface area contributed by atoms with Crippen molar-refractivity contribution < 1.29 is 0 Å². The first-order valence-corrected chi connectivity index (χ1v) is 7.78. The van der Waals surface area contributed by atoms with Crippen LogP contribution in [0.25, 0.3) is 0 Å². The van der Waals surface area contributed by atoms with Gasteiger partial charge in [0.25, 0.3) is 0 Å². The summed E-state index contributed by atoms with van der Waals surface area (Å²) < 4.78 is 0. The van der Waals surface area contributed by atoms with E-state index in [4.69, 9.17) is 11.5 Å². The first kappa shape index (κ1) is 15.3. The van der Waals surface area contributed by atoms with E-state index in [1.54, 1.807) is 6.20 Å². The normalized spacial score (nSPS) is 18.4. The van der Waals surface area contributed by atoms with E-state index in [0.29, 0.717) is 5.82 Å². The summed E-state index contributed by atoms with van der Waals surface area (Å²) in [5.74, 6) is 0.586. The maximum Gasteiger partial charge on any atom is 0.128 e. The molecule has 0 aliphatic carbocycles. The number of anilines is 1. The van der Waals surface area contributed by atoms with Crippen molar-refractivity contribution in [3.63, 3.8) is 0 Å².